The molecule has 3 nitrogen and oxygen atoms in total. The van der Waals surface area contributed by atoms with Crippen LogP contribution in [0.15, 0.2) is 0 Å². The summed E-state index contributed by atoms with van der Waals surface area (Å²) < 4.78 is 5.94. The van der Waals surface area contributed by atoms with Gasteiger partial charge in [0.2, 0.25) is 0 Å². The minimum Gasteiger partial charge on any atom is -0.417 e. The maximum atomic E-state index is 8.91. The Balaban J connectivity index is 3.95. The van der Waals surface area contributed by atoms with Gasteiger partial charge in [0.1, 0.15) is 0 Å². The van der Waals surface area contributed by atoms with Crippen LogP contribution in [0.1, 0.15) is 27.2 Å². The van der Waals surface area contributed by atoms with Crippen LogP contribution in [0.2, 0.25) is 18.1 Å². The number of aliphatic hydroxyl groups is 2. The van der Waals surface area contributed by atoms with E-state index in [4.69, 9.17) is 14.6 Å². The Morgan fingerprint density at radius 2 is 1.60 bits per heavy atom. The van der Waals surface area contributed by atoms with Crippen molar-refractivity contribution in [3.8, 4) is 0 Å². The van der Waals surface area contributed by atoms with Gasteiger partial charge in [0, 0.05) is 25.7 Å². The molecule has 0 saturated carbocycles. The summed E-state index contributed by atoms with van der Waals surface area (Å²) in [7, 11) is -1.66. The molecule has 0 aromatic rings. The fourth-order valence-corrected chi connectivity index (χ4v) is 2.00. The van der Waals surface area contributed by atoms with Gasteiger partial charge in [-0.15, -0.1) is 0 Å². The van der Waals surface area contributed by atoms with Gasteiger partial charge >= 0.3 is 0 Å². The first-order chi connectivity index (χ1) is 6.74. The topological polar surface area (TPSA) is 49.7 Å². The zero-order valence-corrected chi connectivity index (χ0v) is 11.7. The van der Waals surface area contributed by atoms with E-state index in [0.29, 0.717) is 6.61 Å². The first-order valence-corrected chi connectivity index (χ1v) is 8.51. The lowest BCUT2D eigenvalue weighted by Gasteiger charge is -2.36. The average Bonchev–Trinajstić information content (AvgIpc) is 2.10. The van der Waals surface area contributed by atoms with Gasteiger partial charge in [0.05, 0.1) is 0 Å². The number of hydrogen-bond donors (Lipinski definition) is 2. The van der Waals surface area contributed by atoms with Crippen molar-refractivity contribution in [2.45, 2.75) is 45.3 Å². The second kappa shape index (κ2) is 5.99. The largest absolute Gasteiger partial charge is 0.417 e. The summed E-state index contributed by atoms with van der Waals surface area (Å²) in [4.78, 5) is 0. The number of rotatable bonds is 6. The summed E-state index contributed by atoms with van der Waals surface area (Å²) in [5, 5.41) is 18.0. The second-order valence-electron chi connectivity index (χ2n) is 5.63. The van der Waals surface area contributed by atoms with E-state index in [1.807, 2.05) is 0 Å². The van der Waals surface area contributed by atoms with E-state index in [2.05, 4.69) is 33.9 Å². The molecule has 15 heavy (non-hydrogen) atoms. The SMILES string of the molecule is CC(C)(C)[Si](C)(C)OCCC(CO)CO. The molecule has 0 aromatic heterocycles. The molecule has 0 amide bonds. The highest BCUT2D eigenvalue weighted by Gasteiger charge is 2.36. The van der Waals surface area contributed by atoms with Crippen LogP contribution in [0, 0.1) is 5.92 Å². The molecule has 0 radical (unpaired) electrons. The molecule has 0 aliphatic heterocycles. The molecule has 4 heteroatoms. The monoisotopic (exact) mass is 234 g/mol. The highest BCUT2D eigenvalue weighted by Crippen LogP contribution is 2.36. The summed E-state index contributed by atoms with van der Waals surface area (Å²) in [6, 6.07) is 0. The Morgan fingerprint density at radius 3 is 1.93 bits per heavy atom. The Hall–Kier alpha value is 0.0969. The maximum absolute atomic E-state index is 8.91. The van der Waals surface area contributed by atoms with Gasteiger partial charge in [-0.05, 0) is 24.6 Å². The smallest absolute Gasteiger partial charge is 0.191 e. The van der Waals surface area contributed by atoms with Gasteiger partial charge in [-0.3, -0.25) is 0 Å². The summed E-state index contributed by atoms with van der Waals surface area (Å²) in [6.45, 7) is 11.7. The van der Waals surface area contributed by atoms with Crippen LogP contribution in [0.4, 0.5) is 0 Å². The van der Waals surface area contributed by atoms with E-state index in [9.17, 15) is 0 Å². The van der Waals surface area contributed by atoms with Gasteiger partial charge < -0.3 is 14.6 Å². The lowest BCUT2D eigenvalue weighted by Crippen LogP contribution is -2.41. The summed E-state index contributed by atoms with van der Waals surface area (Å²) >= 11 is 0. The van der Waals surface area contributed by atoms with Crippen LogP contribution in [-0.2, 0) is 4.43 Å². The van der Waals surface area contributed by atoms with Crippen molar-refractivity contribution in [1.29, 1.82) is 0 Å². The van der Waals surface area contributed by atoms with Gasteiger partial charge in [-0.25, -0.2) is 0 Å². The van der Waals surface area contributed by atoms with E-state index in [-0.39, 0.29) is 24.2 Å². The summed E-state index contributed by atoms with van der Waals surface area (Å²) in [6.07, 6.45) is 0.736. The van der Waals surface area contributed by atoms with E-state index in [0.717, 1.165) is 6.42 Å². The molecule has 0 heterocycles. The fraction of sp³-hybridized carbons (Fsp3) is 1.00. The maximum Gasteiger partial charge on any atom is 0.191 e. The number of aliphatic hydroxyl groups excluding tert-OH is 2. The van der Waals surface area contributed by atoms with Gasteiger partial charge in [0.15, 0.2) is 8.32 Å². The minimum absolute atomic E-state index is 0.0326. The summed E-state index contributed by atoms with van der Waals surface area (Å²) in [5.74, 6) is -0.0326. The zero-order chi connectivity index (χ0) is 12.1. The van der Waals surface area contributed by atoms with Gasteiger partial charge in [-0.2, -0.15) is 0 Å². The zero-order valence-electron chi connectivity index (χ0n) is 10.7. The van der Waals surface area contributed by atoms with Crippen LogP contribution in [0.3, 0.4) is 0 Å². The third-order valence-electron chi connectivity index (χ3n) is 3.31. The van der Waals surface area contributed by atoms with Crippen molar-refractivity contribution in [2.75, 3.05) is 19.8 Å². The van der Waals surface area contributed by atoms with Crippen LogP contribution >= 0.6 is 0 Å². The molecular weight excluding hydrogens is 208 g/mol. The quantitative estimate of drug-likeness (QED) is 0.691. The van der Waals surface area contributed by atoms with Gasteiger partial charge in [0.25, 0.3) is 0 Å². The molecule has 0 bridgehead atoms. The molecule has 0 spiro atoms. The predicted molar refractivity (Wildman–Crippen MR) is 65.4 cm³/mol. The van der Waals surface area contributed by atoms with Gasteiger partial charge in [-0.1, -0.05) is 20.8 Å². The molecule has 0 atom stereocenters. The second-order valence-corrected chi connectivity index (χ2v) is 10.4. The standard InChI is InChI=1S/C11H26O3Si/c1-11(2,3)15(4,5)14-7-6-10(8-12)9-13/h10,12-13H,6-9H2,1-5H3. The first kappa shape index (κ1) is 15.1. The lowest BCUT2D eigenvalue weighted by molar-refractivity contribution is 0.125. The van der Waals surface area contributed by atoms with E-state index >= 15 is 0 Å². The minimum atomic E-state index is -1.66. The summed E-state index contributed by atoms with van der Waals surface area (Å²) in [5.41, 5.74) is 0. The molecule has 0 aliphatic carbocycles. The molecule has 2 N–H and O–H groups in total. The van der Waals surface area contributed by atoms with E-state index < -0.39 is 8.32 Å². The van der Waals surface area contributed by atoms with Crippen LogP contribution < -0.4 is 0 Å². The first-order valence-electron chi connectivity index (χ1n) is 5.60. The van der Waals surface area contributed by atoms with E-state index in [1.165, 1.54) is 0 Å². The lowest BCUT2D eigenvalue weighted by atomic mass is 10.1. The molecular formula is C11H26O3Si. The third kappa shape index (κ3) is 5.11. The fourth-order valence-electron chi connectivity index (χ4n) is 0.938. The molecule has 0 unspecified atom stereocenters. The van der Waals surface area contributed by atoms with Crippen LogP contribution in [0.5, 0.6) is 0 Å². The molecule has 0 aromatic carbocycles. The average molecular weight is 234 g/mol. The third-order valence-corrected chi connectivity index (χ3v) is 7.85. The molecule has 0 fully saturated rings. The Labute approximate surface area is 94.6 Å². The van der Waals surface area contributed by atoms with E-state index in [1.54, 1.807) is 0 Å². The Bertz CT molecular complexity index is 171. The molecule has 0 rings (SSSR count). The molecule has 92 valence electrons. The Kier molecular flexibility index (Phi) is 6.03. The highest BCUT2D eigenvalue weighted by atomic mass is 28.4. The van der Waals surface area contributed by atoms with Crippen molar-refractivity contribution in [2.24, 2.45) is 5.92 Å². The number of hydrogen-bond acceptors (Lipinski definition) is 3. The van der Waals surface area contributed by atoms with Crippen LogP contribution in [0.25, 0.3) is 0 Å². The normalized spacial score (nSPS) is 13.6. The van der Waals surface area contributed by atoms with Crippen molar-refractivity contribution in [3.63, 3.8) is 0 Å². The van der Waals surface area contributed by atoms with Crippen LogP contribution in [-0.4, -0.2) is 38.4 Å². The van der Waals surface area contributed by atoms with Crippen molar-refractivity contribution in [3.05, 3.63) is 0 Å². The van der Waals surface area contributed by atoms with Crippen molar-refractivity contribution >= 4 is 8.32 Å². The molecule has 0 aliphatic rings. The van der Waals surface area contributed by atoms with Crippen molar-refractivity contribution < 1.29 is 14.6 Å². The predicted octanol–water partition coefficient (Wildman–Crippen LogP) is 2.00. The van der Waals surface area contributed by atoms with Crippen molar-refractivity contribution in [1.82, 2.24) is 0 Å². The Morgan fingerprint density at radius 1 is 1.13 bits per heavy atom. The highest BCUT2D eigenvalue weighted by molar-refractivity contribution is 6.74. The molecule has 0 saturated heterocycles.